The van der Waals surface area contributed by atoms with Gasteiger partial charge in [0.05, 0.1) is 4.90 Å². The molecule has 2 N–H and O–H groups in total. The Morgan fingerprint density at radius 3 is 2.27 bits per heavy atom. The Hall–Kier alpha value is -1.15. The molecule has 0 unspecified atom stereocenters. The summed E-state index contributed by atoms with van der Waals surface area (Å²) >= 11 is 0. The molecule has 2 rings (SSSR count). The van der Waals surface area contributed by atoms with Crippen LogP contribution in [-0.4, -0.2) is 51.9 Å². The first-order valence-electron chi connectivity index (χ1n) is 8.76. The molecule has 0 bridgehead atoms. The van der Waals surface area contributed by atoms with Crippen LogP contribution in [0.3, 0.4) is 0 Å². The molecule has 1 amide bonds. The van der Waals surface area contributed by atoms with Crippen LogP contribution in [0.5, 0.6) is 0 Å². The molecule has 0 radical (unpaired) electrons. The molecule has 1 fully saturated rings. The number of halogens is 1. The smallest absolute Gasteiger partial charge is 0.241 e. The van der Waals surface area contributed by atoms with Gasteiger partial charge in [0.25, 0.3) is 0 Å². The molecule has 0 atom stereocenters. The predicted octanol–water partition coefficient (Wildman–Crippen LogP) is 1.91. The zero-order valence-electron chi connectivity index (χ0n) is 16.0. The zero-order valence-corrected chi connectivity index (χ0v) is 17.6. The summed E-state index contributed by atoms with van der Waals surface area (Å²) < 4.78 is 27.8. The van der Waals surface area contributed by atoms with Crippen LogP contribution in [0.15, 0.2) is 17.0 Å². The largest absolute Gasteiger partial charge is 0.343 e. The predicted molar refractivity (Wildman–Crippen MR) is 106 cm³/mol. The quantitative estimate of drug-likeness (QED) is 0.760. The van der Waals surface area contributed by atoms with Gasteiger partial charge >= 0.3 is 0 Å². The molecule has 0 spiro atoms. The van der Waals surface area contributed by atoms with Crippen molar-refractivity contribution in [2.75, 3.05) is 26.7 Å². The van der Waals surface area contributed by atoms with Crippen molar-refractivity contribution >= 4 is 28.3 Å². The molecule has 1 aliphatic rings. The molecule has 148 valence electrons. The molecule has 6 nitrogen and oxygen atoms in total. The molecule has 0 saturated carbocycles. The van der Waals surface area contributed by atoms with Gasteiger partial charge < -0.3 is 10.2 Å². The van der Waals surface area contributed by atoms with E-state index in [-0.39, 0.29) is 37.3 Å². The van der Waals surface area contributed by atoms with Crippen molar-refractivity contribution in [1.82, 2.24) is 14.9 Å². The Labute approximate surface area is 163 Å². The van der Waals surface area contributed by atoms with Gasteiger partial charge in [-0.05, 0) is 57.8 Å². The van der Waals surface area contributed by atoms with Gasteiger partial charge in [0.2, 0.25) is 15.9 Å². The molecule has 1 saturated heterocycles. The molecule has 1 aromatic carbocycles. The lowest BCUT2D eigenvalue weighted by Gasteiger charge is -2.31. The van der Waals surface area contributed by atoms with Crippen LogP contribution in [0.1, 0.15) is 36.0 Å². The number of nitrogens with one attached hydrogen (secondary N) is 2. The molecular weight excluding hydrogens is 374 g/mol. The number of carbonyl (C=O) groups excluding carboxylic acids is 1. The van der Waals surface area contributed by atoms with Gasteiger partial charge in [0.15, 0.2) is 0 Å². The van der Waals surface area contributed by atoms with E-state index in [0.717, 1.165) is 42.6 Å². The van der Waals surface area contributed by atoms with E-state index < -0.39 is 10.0 Å². The highest BCUT2D eigenvalue weighted by Crippen LogP contribution is 2.21. The summed E-state index contributed by atoms with van der Waals surface area (Å²) in [7, 11) is -1.81. The minimum atomic E-state index is -3.62. The fourth-order valence-electron chi connectivity index (χ4n) is 3.53. The van der Waals surface area contributed by atoms with Crippen LogP contribution in [0.25, 0.3) is 0 Å². The van der Waals surface area contributed by atoms with E-state index in [1.807, 2.05) is 19.1 Å². The minimum absolute atomic E-state index is 0. The number of benzene rings is 1. The van der Waals surface area contributed by atoms with E-state index in [4.69, 9.17) is 0 Å². The molecule has 1 aromatic rings. The lowest BCUT2D eigenvalue weighted by molar-refractivity contribution is -0.132. The first-order chi connectivity index (χ1) is 11.7. The average molecular weight is 404 g/mol. The fourth-order valence-corrected chi connectivity index (χ4v) is 5.01. The van der Waals surface area contributed by atoms with Crippen molar-refractivity contribution in [2.24, 2.45) is 0 Å². The molecule has 26 heavy (non-hydrogen) atoms. The van der Waals surface area contributed by atoms with Crippen LogP contribution in [0, 0.1) is 20.8 Å². The third-order valence-corrected chi connectivity index (χ3v) is 6.52. The Balaban J connectivity index is 0.00000338. The third kappa shape index (κ3) is 5.67. The fraction of sp³-hybridized carbons (Fsp3) is 0.611. The monoisotopic (exact) mass is 403 g/mol. The summed E-state index contributed by atoms with van der Waals surface area (Å²) in [5, 5.41) is 3.27. The second-order valence-electron chi connectivity index (χ2n) is 6.86. The van der Waals surface area contributed by atoms with Crippen molar-refractivity contribution in [3.63, 3.8) is 0 Å². The second-order valence-corrected chi connectivity index (χ2v) is 8.57. The summed E-state index contributed by atoms with van der Waals surface area (Å²) in [6, 6.07) is 3.96. The normalized spacial score (nSPS) is 15.4. The van der Waals surface area contributed by atoms with Crippen molar-refractivity contribution < 1.29 is 13.2 Å². The Kier molecular flexibility index (Phi) is 8.53. The van der Waals surface area contributed by atoms with Crippen LogP contribution >= 0.6 is 12.4 Å². The molecule has 0 aliphatic carbocycles. The summed E-state index contributed by atoms with van der Waals surface area (Å²) in [5.41, 5.74) is 2.49. The van der Waals surface area contributed by atoms with E-state index in [0.29, 0.717) is 4.90 Å². The van der Waals surface area contributed by atoms with E-state index >= 15 is 0 Å². The molecular formula is C18H30ClN3O3S. The average Bonchev–Trinajstić information content (AvgIpc) is 2.53. The Bertz CT molecular complexity index is 708. The van der Waals surface area contributed by atoms with Crippen molar-refractivity contribution in [3.8, 4) is 0 Å². The maximum absolute atomic E-state index is 12.6. The molecule has 8 heteroatoms. The molecule has 1 aliphatic heterocycles. The second kappa shape index (κ2) is 9.69. The van der Waals surface area contributed by atoms with Gasteiger partial charge in [-0.15, -0.1) is 12.4 Å². The highest BCUT2D eigenvalue weighted by atomic mass is 35.5. The van der Waals surface area contributed by atoms with Crippen LogP contribution in [0.4, 0.5) is 0 Å². The number of piperidine rings is 1. The number of rotatable bonds is 6. The number of hydrogen-bond acceptors (Lipinski definition) is 4. The van der Waals surface area contributed by atoms with Gasteiger partial charge in [0, 0.05) is 26.1 Å². The first-order valence-corrected chi connectivity index (χ1v) is 10.2. The number of carbonyl (C=O) groups is 1. The van der Waals surface area contributed by atoms with Gasteiger partial charge in [0.1, 0.15) is 0 Å². The van der Waals surface area contributed by atoms with Crippen LogP contribution in [-0.2, 0) is 14.8 Å². The van der Waals surface area contributed by atoms with Crippen molar-refractivity contribution in [2.45, 2.75) is 51.0 Å². The highest BCUT2D eigenvalue weighted by molar-refractivity contribution is 7.89. The van der Waals surface area contributed by atoms with E-state index in [2.05, 4.69) is 10.0 Å². The third-order valence-electron chi connectivity index (χ3n) is 4.75. The zero-order chi connectivity index (χ0) is 18.6. The number of aryl methyl sites for hydroxylation is 3. The highest BCUT2D eigenvalue weighted by Gasteiger charge is 2.23. The summed E-state index contributed by atoms with van der Waals surface area (Å²) in [5.74, 6) is -0.0213. The standard InChI is InChI=1S/C18H29N3O3S.ClH/c1-13-11-14(2)18(15(3)12-13)25(23,24)20-10-7-17(22)21(4)16-5-8-19-9-6-16;/h11-12,16,19-20H,5-10H2,1-4H3;1H. The Morgan fingerprint density at radius 2 is 1.73 bits per heavy atom. The van der Waals surface area contributed by atoms with Crippen molar-refractivity contribution in [1.29, 1.82) is 0 Å². The van der Waals surface area contributed by atoms with E-state index in [9.17, 15) is 13.2 Å². The van der Waals surface area contributed by atoms with E-state index in [1.54, 1.807) is 25.8 Å². The maximum atomic E-state index is 12.6. The topological polar surface area (TPSA) is 78.5 Å². The first kappa shape index (κ1) is 22.9. The maximum Gasteiger partial charge on any atom is 0.241 e. The summed E-state index contributed by atoms with van der Waals surface area (Å²) in [4.78, 5) is 14.4. The number of sulfonamides is 1. The number of amides is 1. The number of nitrogens with zero attached hydrogens (tertiary/aromatic N) is 1. The summed E-state index contributed by atoms with van der Waals surface area (Å²) in [6.45, 7) is 7.49. The minimum Gasteiger partial charge on any atom is -0.343 e. The number of hydrogen-bond donors (Lipinski definition) is 2. The molecule has 0 aromatic heterocycles. The lowest BCUT2D eigenvalue weighted by Crippen LogP contribution is -2.44. The molecule has 1 heterocycles. The Morgan fingerprint density at radius 1 is 1.19 bits per heavy atom. The van der Waals surface area contributed by atoms with Gasteiger partial charge in [-0.1, -0.05) is 17.7 Å². The van der Waals surface area contributed by atoms with Gasteiger partial charge in [-0.25, -0.2) is 13.1 Å². The van der Waals surface area contributed by atoms with Crippen LogP contribution in [0.2, 0.25) is 0 Å². The van der Waals surface area contributed by atoms with Gasteiger partial charge in [-0.3, -0.25) is 4.79 Å². The van der Waals surface area contributed by atoms with Crippen molar-refractivity contribution in [3.05, 3.63) is 28.8 Å². The SMILES string of the molecule is Cc1cc(C)c(S(=O)(=O)NCCC(=O)N(C)C2CCNCC2)c(C)c1.Cl. The van der Waals surface area contributed by atoms with Gasteiger partial charge in [-0.2, -0.15) is 0 Å². The summed E-state index contributed by atoms with van der Waals surface area (Å²) in [6.07, 6.45) is 2.05. The van der Waals surface area contributed by atoms with Crippen LogP contribution < -0.4 is 10.0 Å². The lowest BCUT2D eigenvalue weighted by atomic mass is 10.1. The van der Waals surface area contributed by atoms with E-state index in [1.165, 1.54) is 0 Å².